The van der Waals surface area contributed by atoms with Gasteiger partial charge in [0.05, 0.1) is 6.33 Å². The highest BCUT2D eigenvalue weighted by Crippen LogP contribution is 2.00. The molecule has 0 aliphatic carbocycles. The average molecular weight is 268 g/mol. The number of rotatable bonds is 12. The van der Waals surface area contributed by atoms with Crippen molar-refractivity contribution in [3.05, 3.63) is 18.2 Å². The van der Waals surface area contributed by atoms with Crippen LogP contribution in [0.25, 0.3) is 0 Å². The second-order valence-corrected chi connectivity index (χ2v) is 4.70. The van der Waals surface area contributed by atoms with Crippen LogP contribution >= 0.6 is 0 Å². The number of nitrogens with zero attached hydrogens (tertiary/aromatic N) is 2. The minimum atomic E-state index is 0.705. The zero-order chi connectivity index (χ0) is 13.8. The van der Waals surface area contributed by atoms with Crippen molar-refractivity contribution in [3.8, 4) is 0 Å². The van der Waals surface area contributed by atoms with E-state index in [-0.39, 0.29) is 0 Å². The van der Waals surface area contributed by atoms with Crippen LogP contribution in [0.5, 0.6) is 0 Å². The Morgan fingerprint density at radius 3 is 2.63 bits per heavy atom. The molecule has 6 heteroatoms. The number of hydrogen-bond donors (Lipinski definition) is 4. The molecule has 6 nitrogen and oxygen atoms in total. The molecule has 0 aromatic carbocycles. The molecule has 0 amide bonds. The first kappa shape index (κ1) is 16.1. The van der Waals surface area contributed by atoms with E-state index in [0.717, 1.165) is 58.5 Å². The number of aromatic nitrogens is 2. The van der Waals surface area contributed by atoms with Gasteiger partial charge in [-0.05, 0) is 38.9 Å². The van der Waals surface area contributed by atoms with E-state index in [9.17, 15) is 0 Å². The van der Waals surface area contributed by atoms with Gasteiger partial charge in [-0.1, -0.05) is 0 Å². The van der Waals surface area contributed by atoms with Crippen molar-refractivity contribution in [3.63, 3.8) is 0 Å². The molecule has 0 aliphatic rings. The van der Waals surface area contributed by atoms with E-state index in [0.29, 0.717) is 6.54 Å². The van der Waals surface area contributed by atoms with E-state index < -0.39 is 0 Å². The molecule has 0 unspecified atom stereocenters. The normalized spacial score (nSPS) is 11.3. The molecular weight excluding hydrogens is 240 g/mol. The topological polar surface area (TPSA) is 96.0 Å². The molecule has 110 valence electrons. The summed E-state index contributed by atoms with van der Waals surface area (Å²) in [5.41, 5.74) is 12.3. The lowest BCUT2D eigenvalue weighted by atomic mass is 10.2. The van der Waals surface area contributed by atoms with E-state index in [4.69, 9.17) is 11.5 Å². The van der Waals surface area contributed by atoms with E-state index >= 15 is 0 Å². The second-order valence-electron chi connectivity index (χ2n) is 4.70. The SMILES string of the molecule is NCCNCCCN(CCN)CCCc1cnc[nH]1. The zero-order valence-corrected chi connectivity index (χ0v) is 11.8. The van der Waals surface area contributed by atoms with Gasteiger partial charge in [0.15, 0.2) is 0 Å². The summed E-state index contributed by atoms with van der Waals surface area (Å²) in [5, 5.41) is 3.31. The second kappa shape index (κ2) is 10.9. The third kappa shape index (κ3) is 7.94. The van der Waals surface area contributed by atoms with Crippen molar-refractivity contribution in [2.45, 2.75) is 19.3 Å². The first-order valence-corrected chi connectivity index (χ1v) is 7.17. The molecule has 0 spiro atoms. The van der Waals surface area contributed by atoms with Gasteiger partial charge in [0, 0.05) is 38.1 Å². The summed E-state index contributed by atoms with van der Waals surface area (Å²) in [6.07, 6.45) is 6.95. The lowest BCUT2D eigenvalue weighted by Crippen LogP contribution is -2.33. The van der Waals surface area contributed by atoms with Gasteiger partial charge < -0.3 is 26.7 Å². The first-order valence-electron chi connectivity index (χ1n) is 7.17. The molecule has 0 fully saturated rings. The van der Waals surface area contributed by atoms with Crippen LogP contribution in [0.4, 0.5) is 0 Å². The van der Waals surface area contributed by atoms with Crippen molar-refractivity contribution in [2.24, 2.45) is 11.5 Å². The number of aryl methyl sites for hydroxylation is 1. The van der Waals surface area contributed by atoms with Gasteiger partial charge in [-0.3, -0.25) is 0 Å². The molecule has 0 saturated heterocycles. The van der Waals surface area contributed by atoms with E-state index in [1.165, 1.54) is 5.69 Å². The number of aromatic amines is 1. The van der Waals surface area contributed by atoms with Gasteiger partial charge in [0.25, 0.3) is 0 Å². The van der Waals surface area contributed by atoms with Crippen molar-refractivity contribution in [2.75, 3.05) is 45.8 Å². The Labute approximate surface area is 115 Å². The van der Waals surface area contributed by atoms with Crippen molar-refractivity contribution < 1.29 is 0 Å². The Hall–Kier alpha value is -0.950. The smallest absolute Gasteiger partial charge is 0.0921 e. The van der Waals surface area contributed by atoms with Gasteiger partial charge in [0.2, 0.25) is 0 Å². The van der Waals surface area contributed by atoms with Crippen LogP contribution in [0.15, 0.2) is 12.5 Å². The molecule has 1 aromatic rings. The maximum Gasteiger partial charge on any atom is 0.0921 e. The highest BCUT2D eigenvalue weighted by Gasteiger charge is 2.04. The Kier molecular flexibility index (Phi) is 9.26. The average Bonchev–Trinajstić information content (AvgIpc) is 2.91. The molecule has 1 aromatic heterocycles. The quantitative estimate of drug-likeness (QED) is 0.385. The van der Waals surface area contributed by atoms with Crippen molar-refractivity contribution in [1.29, 1.82) is 0 Å². The molecule has 1 heterocycles. The third-order valence-electron chi connectivity index (χ3n) is 3.07. The van der Waals surface area contributed by atoms with Crippen LogP contribution in [0, 0.1) is 0 Å². The summed E-state index contributed by atoms with van der Waals surface area (Å²) in [6.45, 7) is 6.51. The highest BCUT2D eigenvalue weighted by atomic mass is 15.1. The van der Waals surface area contributed by atoms with Crippen molar-refractivity contribution in [1.82, 2.24) is 20.2 Å². The van der Waals surface area contributed by atoms with E-state index in [1.807, 2.05) is 6.20 Å². The summed E-state index contributed by atoms with van der Waals surface area (Å²) in [6, 6.07) is 0. The fourth-order valence-corrected chi connectivity index (χ4v) is 2.09. The largest absolute Gasteiger partial charge is 0.348 e. The van der Waals surface area contributed by atoms with Crippen LogP contribution in [0.2, 0.25) is 0 Å². The van der Waals surface area contributed by atoms with Crippen LogP contribution in [0.3, 0.4) is 0 Å². The minimum absolute atomic E-state index is 0.705. The van der Waals surface area contributed by atoms with Crippen LogP contribution < -0.4 is 16.8 Å². The molecule has 0 bridgehead atoms. The summed E-state index contributed by atoms with van der Waals surface area (Å²) < 4.78 is 0. The minimum Gasteiger partial charge on any atom is -0.348 e. The molecule has 0 saturated carbocycles. The molecule has 0 atom stereocenters. The fraction of sp³-hybridized carbons (Fsp3) is 0.769. The molecule has 0 radical (unpaired) electrons. The monoisotopic (exact) mass is 268 g/mol. The van der Waals surface area contributed by atoms with E-state index in [1.54, 1.807) is 6.33 Å². The Morgan fingerprint density at radius 2 is 1.95 bits per heavy atom. The standard InChI is InChI=1S/C13H28N6/c14-4-7-16-6-2-9-19(10-5-15)8-1-3-13-11-17-12-18-13/h11-12,16H,1-10,14-15H2,(H,17,18). The number of nitrogens with two attached hydrogens (primary N) is 2. The van der Waals surface area contributed by atoms with Gasteiger partial charge in [-0.25, -0.2) is 4.98 Å². The van der Waals surface area contributed by atoms with E-state index in [2.05, 4.69) is 20.2 Å². The molecular formula is C13H28N6. The number of imidazole rings is 1. The third-order valence-corrected chi connectivity index (χ3v) is 3.07. The summed E-state index contributed by atoms with van der Waals surface area (Å²) in [4.78, 5) is 9.59. The molecule has 19 heavy (non-hydrogen) atoms. The fourth-order valence-electron chi connectivity index (χ4n) is 2.09. The molecule has 0 aliphatic heterocycles. The van der Waals surface area contributed by atoms with Crippen LogP contribution in [-0.2, 0) is 6.42 Å². The highest BCUT2D eigenvalue weighted by molar-refractivity contribution is 4.93. The Balaban J connectivity index is 2.09. The summed E-state index contributed by atoms with van der Waals surface area (Å²) >= 11 is 0. The number of hydrogen-bond acceptors (Lipinski definition) is 5. The lowest BCUT2D eigenvalue weighted by molar-refractivity contribution is 0.273. The Morgan fingerprint density at radius 1 is 1.11 bits per heavy atom. The van der Waals surface area contributed by atoms with Gasteiger partial charge in [0.1, 0.15) is 0 Å². The zero-order valence-electron chi connectivity index (χ0n) is 11.8. The first-order chi connectivity index (χ1) is 9.36. The number of H-pyrrole nitrogens is 1. The maximum absolute atomic E-state index is 5.66. The van der Waals surface area contributed by atoms with Crippen LogP contribution in [0.1, 0.15) is 18.5 Å². The maximum atomic E-state index is 5.66. The summed E-state index contributed by atoms with van der Waals surface area (Å²) in [7, 11) is 0. The van der Waals surface area contributed by atoms with Gasteiger partial charge in [-0.15, -0.1) is 0 Å². The van der Waals surface area contributed by atoms with Crippen molar-refractivity contribution >= 4 is 0 Å². The van der Waals surface area contributed by atoms with Gasteiger partial charge >= 0.3 is 0 Å². The summed E-state index contributed by atoms with van der Waals surface area (Å²) in [5.74, 6) is 0. The molecule has 1 rings (SSSR count). The van der Waals surface area contributed by atoms with Gasteiger partial charge in [-0.2, -0.15) is 0 Å². The Bertz CT molecular complexity index is 287. The van der Waals surface area contributed by atoms with Crippen LogP contribution in [-0.4, -0.2) is 60.7 Å². The lowest BCUT2D eigenvalue weighted by Gasteiger charge is -2.21. The predicted molar refractivity (Wildman–Crippen MR) is 78.9 cm³/mol. The molecule has 6 N–H and O–H groups in total. The number of nitrogens with one attached hydrogen (secondary N) is 2. The predicted octanol–water partition coefficient (Wildman–Crippen LogP) is -0.459.